The number of aromatic amines is 1. The number of pyridine rings is 1. The number of aromatic nitrogens is 3. The number of carbonyl (C=O) groups excluding carboxylic acids is 1. The van der Waals surface area contributed by atoms with Crippen LogP contribution < -0.4 is 11.0 Å². The lowest BCUT2D eigenvalue weighted by Crippen LogP contribution is -2.22. The Hall–Kier alpha value is -2.81. The van der Waals surface area contributed by atoms with Crippen molar-refractivity contribution in [2.75, 3.05) is 0 Å². The van der Waals surface area contributed by atoms with E-state index < -0.39 is 11.5 Å². The van der Waals surface area contributed by atoms with E-state index in [0.29, 0.717) is 12.0 Å². The first-order valence-electron chi connectivity index (χ1n) is 7.26. The molecule has 0 saturated heterocycles. The molecule has 0 radical (unpaired) electrons. The van der Waals surface area contributed by atoms with Crippen LogP contribution in [0.25, 0.3) is 0 Å². The molecule has 0 fully saturated rings. The molecule has 0 aromatic carbocycles. The Labute approximate surface area is 142 Å². The molecule has 2 heterocycles. The number of hydrazone groups is 1. The molecule has 0 bridgehead atoms. The van der Waals surface area contributed by atoms with E-state index in [-0.39, 0.29) is 22.3 Å². The van der Waals surface area contributed by atoms with Gasteiger partial charge in [-0.2, -0.15) is 5.10 Å². The third kappa shape index (κ3) is 3.74. The minimum absolute atomic E-state index is 0.0843. The smallest absolute Gasteiger partial charge is 0.271 e. The topological polar surface area (TPSA) is 112 Å². The largest absolute Gasteiger partial charge is 0.494 e. The van der Waals surface area contributed by atoms with E-state index in [1.165, 1.54) is 29.1 Å². The van der Waals surface area contributed by atoms with Crippen LogP contribution in [0.1, 0.15) is 42.2 Å². The first-order valence-corrected chi connectivity index (χ1v) is 7.67. The fourth-order valence-electron chi connectivity index (χ4n) is 1.98. The number of H-pyrrole nitrogens is 1. The second-order valence-electron chi connectivity index (χ2n) is 5.06. The van der Waals surface area contributed by atoms with Gasteiger partial charge in [-0.05, 0) is 37.7 Å². The van der Waals surface area contributed by atoms with Crippen LogP contribution in [0, 0.1) is 4.77 Å². The standard InChI is InChI=1S/C15H17N5O3S/c1-3-9(2)20-14(23)11(13(22)18-15(20)24)8-17-19-12(21)10-4-6-16-7-5-10/h4-9,23H,3H2,1-2H3,(H,19,21)(H,18,22,24). The van der Waals surface area contributed by atoms with Crippen LogP contribution in [0.15, 0.2) is 34.4 Å². The van der Waals surface area contributed by atoms with E-state index in [2.05, 4.69) is 20.5 Å². The van der Waals surface area contributed by atoms with Crippen molar-refractivity contribution in [1.29, 1.82) is 0 Å². The van der Waals surface area contributed by atoms with Gasteiger partial charge in [0.25, 0.3) is 11.5 Å². The van der Waals surface area contributed by atoms with Crippen molar-refractivity contribution in [2.24, 2.45) is 5.10 Å². The predicted octanol–water partition coefficient (Wildman–Crippen LogP) is 1.74. The molecule has 126 valence electrons. The first kappa shape index (κ1) is 17.5. The van der Waals surface area contributed by atoms with Gasteiger partial charge in [0.2, 0.25) is 5.88 Å². The van der Waals surface area contributed by atoms with E-state index >= 15 is 0 Å². The van der Waals surface area contributed by atoms with E-state index in [1.807, 2.05) is 13.8 Å². The molecule has 0 aliphatic heterocycles. The van der Waals surface area contributed by atoms with Crippen LogP contribution in [-0.4, -0.2) is 31.8 Å². The zero-order valence-corrected chi connectivity index (χ0v) is 14.0. The minimum atomic E-state index is -0.584. The molecule has 0 spiro atoms. The molecule has 1 amide bonds. The number of rotatable bonds is 5. The molecule has 0 saturated carbocycles. The van der Waals surface area contributed by atoms with Gasteiger partial charge >= 0.3 is 0 Å². The second-order valence-corrected chi connectivity index (χ2v) is 5.45. The number of hydrogen-bond acceptors (Lipinski definition) is 6. The van der Waals surface area contributed by atoms with E-state index in [1.54, 1.807) is 0 Å². The number of nitrogens with one attached hydrogen (secondary N) is 2. The van der Waals surface area contributed by atoms with Gasteiger partial charge in [0, 0.05) is 24.0 Å². The highest BCUT2D eigenvalue weighted by molar-refractivity contribution is 7.71. The molecule has 1 atom stereocenters. The molecule has 3 N–H and O–H groups in total. The highest BCUT2D eigenvalue weighted by atomic mass is 32.1. The summed E-state index contributed by atoms with van der Waals surface area (Å²) in [4.78, 5) is 30.1. The normalized spacial score (nSPS) is 12.2. The van der Waals surface area contributed by atoms with Crippen LogP contribution in [0.5, 0.6) is 5.88 Å². The number of nitrogens with zero attached hydrogens (tertiary/aromatic N) is 3. The lowest BCUT2D eigenvalue weighted by atomic mass is 10.2. The van der Waals surface area contributed by atoms with Gasteiger partial charge in [-0.15, -0.1) is 0 Å². The van der Waals surface area contributed by atoms with Crippen molar-refractivity contribution >= 4 is 24.3 Å². The van der Waals surface area contributed by atoms with Crippen LogP contribution in [-0.2, 0) is 0 Å². The number of carbonyl (C=O) groups is 1. The lowest BCUT2D eigenvalue weighted by molar-refractivity contribution is 0.0955. The molecule has 8 nitrogen and oxygen atoms in total. The monoisotopic (exact) mass is 347 g/mol. The minimum Gasteiger partial charge on any atom is -0.494 e. The molecule has 0 aliphatic carbocycles. The third-order valence-electron chi connectivity index (χ3n) is 3.49. The molecule has 2 aromatic rings. The summed E-state index contributed by atoms with van der Waals surface area (Å²) in [6, 6.07) is 2.95. The van der Waals surface area contributed by atoms with Crippen LogP contribution in [0.3, 0.4) is 0 Å². The van der Waals surface area contributed by atoms with Gasteiger partial charge in [-0.25, -0.2) is 5.43 Å². The maximum atomic E-state index is 12.0. The Morgan fingerprint density at radius 2 is 2.21 bits per heavy atom. The zero-order valence-electron chi connectivity index (χ0n) is 13.2. The highest BCUT2D eigenvalue weighted by Gasteiger charge is 2.14. The molecular formula is C15H17N5O3S. The predicted molar refractivity (Wildman–Crippen MR) is 91.9 cm³/mol. The maximum absolute atomic E-state index is 12.0. The van der Waals surface area contributed by atoms with Gasteiger partial charge in [-0.3, -0.25) is 24.1 Å². The molecular weight excluding hydrogens is 330 g/mol. The highest BCUT2D eigenvalue weighted by Crippen LogP contribution is 2.19. The van der Waals surface area contributed by atoms with Crippen molar-refractivity contribution in [3.8, 4) is 5.88 Å². The summed E-state index contributed by atoms with van der Waals surface area (Å²) in [6.07, 6.45) is 4.75. The van der Waals surface area contributed by atoms with Crippen LogP contribution >= 0.6 is 12.2 Å². The average Bonchev–Trinajstić information content (AvgIpc) is 2.57. The van der Waals surface area contributed by atoms with Crippen molar-refractivity contribution in [3.05, 3.63) is 50.8 Å². The summed E-state index contributed by atoms with van der Waals surface area (Å²) >= 11 is 5.07. The van der Waals surface area contributed by atoms with Gasteiger partial charge in [0.05, 0.1) is 6.21 Å². The summed E-state index contributed by atoms with van der Waals surface area (Å²) in [5.74, 6) is -0.751. The lowest BCUT2D eigenvalue weighted by Gasteiger charge is -2.16. The van der Waals surface area contributed by atoms with Gasteiger partial charge in [-0.1, -0.05) is 6.92 Å². The molecule has 1 unspecified atom stereocenters. The zero-order chi connectivity index (χ0) is 17.7. The maximum Gasteiger partial charge on any atom is 0.271 e. The summed E-state index contributed by atoms with van der Waals surface area (Å²) in [5.41, 5.74) is 1.99. The molecule has 24 heavy (non-hydrogen) atoms. The van der Waals surface area contributed by atoms with E-state index in [4.69, 9.17) is 12.2 Å². The third-order valence-corrected chi connectivity index (χ3v) is 3.79. The number of hydrogen-bond donors (Lipinski definition) is 3. The van der Waals surface area contributed by atoms with E-state index in [0.717, 1.165) is 6.21 Å². The summed E-state index contributed by atoms with van der Waals surface area (Å²) in [7, 11) is 0. The molecule has 9 heteroatoms. The Kier molecular flexibility index (Phi) is 5.59. The Bertz CT molecular complexity index is 873. The van der Waals surface area contributed by atoms with Crippen molar-refractivity contribution in [2.45, 2.75) is 26.3 Å². The number of aromatic hydroxyl groups is 1. The summed E-state index contributed by atoms with van der Waals surface area (Å²) in [5, 5.41) is 14.0. The van der Waals surface area contributed by atoms with Gasteiger partial charge in [0.15, 0.2) is 4.77 Å². The second kappa shape index (κ2) is 7.64. The Morgan fingerprint density at radius 1 is 1.54 bits per heavy atom. The Morgan fingerprint density at radius 3 is 2.83 bits per heavy atom. The summed E-state index contributed by atoms with van der Waals surface area (Å²) < 4.78 is 1.56. The fraction of sp³-hybridized carbons (Fsp3) is 0.267. The molecule has 0 aliphatic rings. The summed E-state index contributed by atoms with van der Waals surface area (Å²) in [6.45, 7) is 3.79. The average molecular weight is 347 g/mol. The first-order chi connectivity index (χ1) is 11.5. The number of amides is 1. The molecule has 2 rings (SSSR count). The van der Waals surface area contributed by atoms with E-state index in [9.17, 15) is 14.7 Å². The van der Waals surface area contributed by atoms with Crippen molar-refractivity contribution < 1.29 is 9.90 Å². The van der Waals surface area contributed by atoms with Crippen LogP contribution in [0.4, 0.5) is 0 Å². The van der Waals surface area contributed by atoms with Crippen molar-refractivity contribution in [1.82, 2.24) is 20.0 Å². The van der Waals surface area contributed by atoms with Gasteiger partial charge < -0.3 is 5.11 Å². The SMILES string of the molecule is CCC(C)n1c(O)c(C=NNC(=O)c2ccncc2)c(=O)[nH]c1=S. The van der Waals surface area contributed by atoms with Crippen molar-refractivity contribution in [3.63, 3.8) is 0 Å². The quantitative estimate of drug-likeness (QED) is 0.433. The molecule has 2 aromatic heterocycles. The Balaban J connectivity index is 2.28. The fourth-order valence-corrected chi connectivity index (χ4v) is 2.34. The van der Waals surface area contributed by atoms with Gasteiger partial charge in [0.1, 0.15) is 5.56 Å². The van der Waals surface area contributed by atoms with Crippen LogP contribution in [0.2, 0.25) is 0 Å².